The van der Waals surface area contributed by atoms with E-state index in [4.69, 9.17) is 28.4 Å². The van der Waals surface area contributed by atoms with Gasteiger partial charge in [-0.05, 0) is 61.1 Å². The first-order valence-electron chi connectivity index (χ1n) is 17.7. The number of carbonyl (C=O) groups is 2. The molecular formula is C38H41N3O11S. The largest absolute Gasteiger partial charge is 0.504 e. The number of thioether (sulfide) groups is 1. The highest BCUT2D eigenvalue weighted by molar-refractivity contribution is 7.99. The van der Waals surface area contributed by atoms with Gasteiger partial charge < -0.3 is 49.1 Å². The Bertz CT molecular complexity index is 2090. The highest BCUT2D eigenvalue weighted by Crippen LogP contribution is 2.63. The van der Waals surface area contributed by atoms with Crippen LogP contribution in [-0.4, -0.2) is 90.4 Å². The van der Waals surface area contributed by atoms with Gasteiger partial charge in [0.25, 0.3) is 0 Å². The van der Waals surface area contributed by atoms with Crippen molar-refractivity contribution in [3.8, 4) is 40.2 Å². The number of nitrogens with one attached hydrogen (secondary N) is 2. The van der Waals surface area contributed by atoms with Crippen LogP contribution in [0.3, 0.4) is 0 Å². The van der Waals surface area contributed by atoms with E-state index in [9.17, 15) is 24.9 Å². The van der Waals surface area contributed by atoms with Crippen molar-refractivity contribution in [2.24, 2.45) is 0 Å². The first-order chi connectivity index (χ1) is 25.5. The molecule has 0 aliphatic carbocycles. The van der Waals surface area contributed by atoms with E-state index >= 15 is 0 Å². The van der Waals surface area contributed by atoms with Crippen molar-refractivity contribution < 1.29 is 53.3 Å². The zero-order valence-corrected chi connectivity index (χ0v) is 30.7. The Hall–Kier alpha value is -4.41. The SMILES string of the molecule is COc1cc2c(cc1O)CCN[C@]21CS[C@@H]2c3c(OC(C)=O)c(C)c4c(c3[C@H](COC1=O)N1C2[C@H]2N[C@H](Cc3cc(C)c(OC)c(O)c32)[C@@H]1O)OCO4. The predicted octanol–water partition coefficient (Wildman–Crippen LogP) is 3.07. The third kappa shape index (κ3) is 4.80. The Morgan fingerprint density at radius 3 is 2.57 bits per heavy atom. The van der Waals surface area contributed by atoms with Gasteiger partial charge in [0.1, 0.15) is 18.6 Å². The van der Waals surface area contributed by atoms with Gasteiger partial charge >= 0.3 is 11.9 Å². The molecule has 3 aromatic carbocycles. The zero-order valence-electron chi connectivity index (χ0n) is 29.9. The van der Waals surface area contributed by atoms with Crippen molar-refractivity contribution in [3.05, 3.63) is 62.7 Å². The highest BCUT2D eigenvalue weighted by Gasteiger charge is 2.60. The Labute approximate surface area is 309 Å². The van der Waals surface area contributed by atoms with E-state index < -0.39 is 53.1 Å². The smallest absolute Gasteiger partial charge is 0.331 e. The van der Waals surface area contributed by atoms with Crippen LogP contribution in [0.25, 0.3) is 0 Å². The molecule has 3 aromatic rings. The van der Waals surface area contributed by atoms with Crippen LogP contribution in [0.4, 0.5) is 0 Å². The summed E-state index contributed by atoms with van der Waals surface area (Å²) in [6, 6.07) is 2.99. The van der Waals surface area contributed by atoms with Crippen molar-refractivity contribution >= 4 is 23.7 Å². The second-order valence-electron chi connectivity index (χ2n) is 14.5. The fourth-order valence-electron chi connectivity index (χ4n) is 9.60. The van der Waals surface area contributed by atoms with E-state index in [2.05, 4.69) is 10.6 Å². The van der Waals surface area contributed by atoms with Crippen molar-refractivity contribution in [1.29, 1.82) is 0 Å². The number of methoxy groups -OCH3 is 2. The summed E-state index contributed by atoms with van der Waals surface area (Å²) in [5.74, 6) is 0.890. The lowest BCUT2D eigenvalue weighted by Gasteiger charge is -2.59. The third-order valence-electron chi connectivity index (χ3n) is 11.8. The lowest BCUT2D eigenvalue weighted by atomic mass is 9.74. The summed E-state index contributed by atoms with van der Waals surface area (Å²) >= 11 is 1.45. The topological polar surface area (TPSA) is 178 Å². The molecule has 0 aromatic heterocycles. The standard InChI is InChI=1S/C38H41N3O11S/c1-15-8-19-9-21-36(45)41-22-12-49-37(46)38(20-11-24(47-4)23(43)10-18(20)6-7-39-38)13-53-35(29(41)28(40-21)25(19)30(44)31(15)48-5)27-26(22)34-33(50-14-51-34)16(2)32(27)52-17(3)42/h8,10-11,21-22,28-29,35-36,39-40,43-45H,6-7,9,12-14H2,1-5H3/t21-,22+,28+,29?,35-,36+,38-/m1/s1. The molecule has 7 heterocycles. The molecule has 7 aliphatic heterocycles. The molecule has 1 unspecified atom stereocenters. The maximum absolute atomic E-state index is 14.6. The summed E-state index contributed by atoms with van der Waals surface area (Å²) < 4.78 is 35.8. The number of carbonyl (C=O) groups excluding carboxylic acids is 2. The highest BCUT2D eigenvalue weighted by atomic mass is 32.2. The summed E-state index contributed by atoms with van der Waals surface area (Å²) in [6.45, 7) is 5.23. The van der Waals surface area contributed by atoms with E-state index in [1.807, 2.05) is 24.8 Å². The van der Waals surface area contributed by atoms with Crippen LogP contribution in [0.15, 0.2) is 18.2 Å². The fraction of sp³-hybridized carbons (Fsp3) is 0.474. The molecular weight excluding hydrogens is 706 g/mol. The summed E-state index contributed by atoms with van der Waals surface area (Å²) in [5, 5.41) is 41.5. The number of phenols is 2. The molecule has 5 N–H and O–H groups in total. The Kier molecular flexibility index (Phi) is 7.98. The monoisotopic (exact) mass is 747 g/mol. The van der Waals surface area contributed by atoms with Gasteiger partial charge in [-0.2, -0.15) is 0 Å². The molecule has 2 fully saturated rings. The molecule has 2 saturated heterocycles. The van der Waals surface area contributed by atoms with E-state index in [0.29, 0.717) is 70.2 Å². The van der Waals surface area contributed by atoms with Gasteiger partial charge in [0.05, 0.1) is 37.6 Å². The zero-order chi connectivity index (χ0) is 37.1. The fourth-order valence-corrected chi connectivity index (χ4v) is 11.3. The summed E-state index contributed by atoms with van der Waals surface area (Å²) in [7, 11) is 2.98. The number of hydrogen-bond acceptors (Lipinski definition) is 15. The van der Waals surface area contributed by atoms with Gasteiger partial charge in [-0.3, -0.25) is 15.0 Å². The van der Waals surface area contributed by atoms with Crippen LogP contribution in [0.1, 0.15) is 68.8 Å². The Morgan fingerprint density at radius 1 is 1.02 bits per heavy atom. The van der Waals surface area contributed by atoms with E-state index in [0.717, 1.165) is 16.7 Å². The number of fused-ring (bicyclic) bond motifs is 9. The number of nitrogens with zero attached hydrogens (tertiary/aromatic N) is 1. The first-order valence-corrected chi connectivity index (χ1v) is 18.7. The number of ether oxygens (including phenoxy) is 6. The normalized spacial score (nSPS) is 29.4. The molecule has 7 aliphatic rings. The van der Waals surface area contributed by atoms with Gasteiger partial charge in [0, 0.05) is 47.5 Å². The van der Waals surface area contributed by atoms with Crippen molar-refractivity contribution in [3.63, 3.8) is 0 Å². The molecule has 15 heteroatoms. The summed E-state index contributed by atoms with van der Waals surface area (Å²) in [6.07, 6.45) is -0.0673. The van der Waals surface area contributed by atoms with Crippen molar-refractivity contribution in [2.45, 2.75) is 74.8 Å². The van der Waals surface area contributed by atoms with Crippen molar-refractivity contribution in [2.75, 3.05) is 39.9 Å². The number of aliphatic hydroxyl groups excluding tert-OH is 1. The average Bonchev–Trinajstić information content (AvgIpc) is 3.63. The van der Waals surface area contributed by atoms with Gasteiger partial charge in [0.15, 0.2) is 40.0 Å². The second-order valence-corrected chi connectivity index (χ2v) is 15.6. The predicted molar refractivity (Wildman–Crippen MR) is 190 cm³/mol. The number of aliphatic hydroxyl groups is 1. The maximum Gasteiger partial charge on any atom is 0.331 e. The lowest BCUT2D eigenvalue weighted by molar-refractivity contribution is -0.164. The van der Waals surface area contributed by atoms with Crippen LogP contribution in [0.2, 0.25) is 0 Å². The van der Waals surface area contributed by atoms with Crippen LogP contribution in [0.5, 0.6) is 40.2 Å². The number of piperazine rings is 1. The molecule has 1 spiro atoms. The van der Waals surface area contributed by atoms with Crippen LogP contribution >= 0.6 is 11.8 Å². The quantitative estimate of drug-likeness (QED) is 0.195. The number of hydrogen-bond donors (Lipinski definition) is 5. The summed E-state index contributed by atoms with van der Waals surface area (Å²) in [4.78, 5) is 29.4. The van der Waals surface area contributed by atoms with Crippen molar-refractivity contribution in [1.82, 2.24) is 15.5 Å². The second kappa shape index (κ2) is 12.3. The number of rotatable bonds is 3. The average molecular weight is 748 g/mol. The van der Waals surface area contributed by atoms with Gasteiger partial charge in [-0.1, -0.05) is 6.07 Å². The molecule has 0 radical (unpaired) electrons. The number of esters is 2. The lowest BCUT2D eigenvalue weighted by Crippen LogP contribution is -2.69. The molecule has 0 saturated carbocycles. The number of aromatic hydroxyl groups is 2. The number of aryl methyl sites for hydroxylation is 1. The minimum absolute atomic E-state index is 0.0210. The third-order valence-corrected chi connectivity index (χ3v) is 13.2. The van der Waals surface area contributed by atoms with Crippen LogP contribution < -0.4 is 34.3 Å². The van der Waals surface area contributed by atoms with Gasteiger partial charge in [-0.15, -0.1) is 11.8 Å². The molecule has 4 bridgehead atoms. The minimum atomic E-state index is -1.36. The Balaban J connectivity index is 1.31. The number of benzene rings is 3. The molecule has 14 nitrogen and oxygen atoms in total. The summed E-state index contributed by atoms with van der Waals surface area (Å²) in [5.41, 5.74) is 4.27. The molecule has 53 heavy (non-hydrogen) atoms. The van der Waals surface area contributed by atoms with Gasteiger partial charge in [-0.25, -0.2) is 4.79 Å². The van der Waals surface area contributed by atoms with E-state index in [1.54, 1.807) is 12.1 Å². The molecule has 0 amide bonds. The Morgan fingerprint density at radius 2 is 1.81 bits per heavy atom. The minimum Gasteiger partial charge on any atom is -0.504 e. The molecule has 280 valence electrons. The molecule has 10 rings (SSSR count). The van der Waals surface area contributed by atoms with E-state index in [-0.39, 0.29) is 36.4 Å². The van der Waals surface area contributed by atoms with E-state index in [1.165, 1.54) is 32.9 Å². The van der Waals surface area contributed by atoms with Gasteiger partial charge in [0.2, 0.25) is 6.79 Å². The number of phenolic OH excluding ortho intramolecular Hbond substituents is 2. The van der Waals surface area contributed by atoms with Crippen LogP contribution in [-0.2, 0) is 32.7 Å². The first kappa shape index (κ1) is 34.4. The maximum atomic E-state index is 14.6. The molecule has 7 atom stereocenters. The van der Waals surface area contributed by atoms with Crippen LogP contribution in [0, 0.1) is 13.8 Å².